The van der Waals surface area contributed by atoms with E-state index in [1.54, 1.807) is 12.1 Å². The van der Waals surface area contributed by atoms with Crippen LogP contribution in [-0.4, -0.2) is 26.5 Å². The lowest BCUT2D eigenvalue weighted by atomic mass is 10.1. The van der Waals surface area contributed by atoms with Gasteiger partial charge in [-0.25, -0.2) is 4.79 Å². The van der Waals surface area contributed by atoms with Crippen LogP contribution in [0.2, 0.25) is 0 Å². The van der Waals surface area contributed by atoms with Crippen LogP contribution < -0.4 is 20.7 Å². The summed E-state index contributed by atoms with van der Waals surface area (Å²) in [6.07, 6.45) is 0.943. The van der Waals surface area contributed by atoms with E-state index in [9.17, 15) is 9.59 Å². The second-order valence-corrected chi connectivity index (χ2v) is 7.07. The van der Waals surface area contributed by atoms with Gasteiger partial charge in [0.15, 0.2) is 11.5 Å². The van der Waals surface area contributed by atoms with Crippen molar-refractivity contribution in [3.05, 3.63) is 68.7 Å². The highest BCUT2D eigenvalue weighted by molar-refractivity contribution is 5.81. The molecule has 1 aliphatic heterocycles. The molecule has 0 unspecified atom stereocenters. The van der Waals surface area contributed by atoms with E-state index in [1.807, 2.05) is 31.2 Å². The average molecular weight is 406 g/mol. The van der Waals surface area contributed by atoms with Crippen molar-refractivity contribution in [3.8, 4) is 22.9 Å². The molecule has 0 saturated heterocycles. The summed E-state index contributed by atoms with van der Waals surface area (Å²) in [6.45, 7) is 2.30. The molecule has 152 valence electrons. The van der Waals surface area contributed by atoms with Crippen LogP contribution in [0.15, 0.2) is 50.5 Å². The third kappa shape index (κ3) is 3.14. The Morgan fingerprint density at radius 2 is 1.93 bits per heavy atom. The van der Waals surface area contributed by atoms with Gasteiger partial charge in [-0.15, -0.1) is 0 Å². The molecule has 0 radical (unpaired) electrons. The third-order valence-corrected chi connectivity index (χ3v) is 5.10. The van der Waals surface area contributed by atoms with Crippen molar-refractivity contribution in [2.45, 2.75) is 26.3 Å². The zero-order valence-electron chi connectivity index (χ0n) is 16.2. The largest absolute Gasteiger partial charge is 0.454 e. The first kappa shape index (κ1) is 18.2. The van der Waals surface area contributed by atoms with Gasteiger partial charge in [0.05, 0.1) is 10.9 Å². The predicted molar refractivity (Wildman–Crippen MR) is 108 cm³/mol. The van der Waals surface area contributed by atoms with Crippen molar-refractivity contribution < 1.29 is 14.0 Å². The van der Waals surface area contributed by atoms with Gasteiger partial charge in [0, 0.05) is 24.6 Å². The highest BCUT2D eigenvalue weighted by atomic mass is 16.7. The first-order valence-electron chi connectivity index (χ1n) is 9.55. The molecule has 9 heteroatoms. The first-order chi connectivity index (χ1) is 14.6. The van der Waals surface area contributed by atoms with Gasteiger partial charge in [-0.2, -0.15) is 4.98 Å². The minimum Gasteiger partial charge on any atom is -0.454 e. The molecular formula is C21H18N4O5. The third-order valence-electron chi connectivity index (χ3n) is 5.10. The van der Waals surface area contributed by atoms with Crippen molar-refractivity contribution in [2.24, 2.45) is 0 Å². The number of ether oxygens (including phenoxy) is 2. The molecule has 3 heterocycles. The van der Waals surface area contributed by atoms with Gasteiger partial charge in [-0.3, -0.25) is 9.36 Å². The number of benzene rings is 2. The number of H-pyrrole nitrogens is 1. The van der Waals surface area contributed by atoms with Gasteiger partial charge in [0.2, 0.25) is 18.5 Å². The summed E-state index contributed by atoms with van der Waals surface area (Å²) in [6, 6.07) is 11.0. The van der Waals surface area contributed by atoms with Gasteiger partial charge in [-0.1, -0.05) is 29.4 Å². The van der Waals surface area contributed by atoms with Crippen LogP contribution in [0, 0.1) is 6.92 Å². The van der Waals surface area contributed by atoms with Crippen LogP contribution in [-0.2, 0) is 13.0 Å². The van der Waals surface area contributed by atoms with E-state index in [0.29, 0.717) is 47.0 Å². The molecule has 0 aliphatic carbocycles. The molecule has 0 saturated carbocycles. The van der Waals surface area contributed by atoms with E-state index in [2.05, 4.69) is 15.1 Å². The standard InChI is InChI=1S/C21H18N4O5/c1-12-5-2-3-6-13(12)19-23-18(30-24-19)7-4-8-25-20(26)14-9-16-17(29-11-28-16)10-15(14)22-21(25)27/h2-3,5-6,9-10H,4,7-8,11H2,1H3,(H,22,27). The van der Waals surface area contributed by atoms with E-state index < -0.39 is 5.69 Å². The maximum Gasteiger partial charge on any atom is 0.328 e. The monoisotopic (exact) mass is 406 g/mol. The number of nitrogens with one attached hydrogen (secondary N) is 1. The number of aryl methyl sites for hydroxylation is 2. The predicted octanol–water partition coefficient (Wildman–Crippen LogP) is 2.41. The molecule has 2 aromatic heterocycles. The molecule has 0 amide bonds. The Kier molecular flexibility index (Phi) is 4.35. The molecule has 0 spiro atoms. The normalized spacial score (nSPS) is 12.6. The second-order valence-electron chi connectivity index (χ2n) is 7.07. The highest BCUT2D eigenvalue weighted by Gasteiger charge is 2.18. The Morgan fingerprint density at radius 3 is 2.77 bits per heavy atom. The quantitative estimate of drug-likeness (QED) is 0.542. The Labute approximate surface area is 169 Å². The second kappa shape index (κ2) is 7.18. The van der Waals surface area contributed by atoms with E-state index in [4.69, 9.17) is 14.0 Å². The summed E-state index contributed by atoms with van der Waals surface area (Å²) >= 11 is 0. The van der Waals surface area contributed by atoms with Gasteiger partial charge in [0.1, 0.15) is 0 Å². The fraction of sp³-hybridized carbons (Fsp3) is 0.238. The van der Waals surface area contributed by atoms with E-state index >= 15 is 0 Å². The number of hydrogen-bond donors (Lipinski definition) is 1. The topological polar surface area (TPSA) is 112 Å². The van der Waals surface area contributed by atoms with Gasteiger partial charge in [0.25, 0.3) is 5.56 Å². The fourth-order valence-electron chi connectivity index (χ4n) is 3.52. The summed E-state index contributed by atoms with van der Waals surface area (Å²) < 4.78 is 17.1. The number of aromatic nitrogens is 4. The number of hydrogen-bond acceptors (Lipinski definition) is 7. The van der Waals surface area contributed by atoms with Crippen LogP contribution in [0.1, 0.15) is 17.9 Å². The molecule has 0 atom stereocenters. The minimum atomic E-state index is -0.475. The van der Waals surface area contributed by atoms with Crippen LogP contribution in [0.4, 0.5) is 0 Å². The Hall–Kier alpha value is -3.88. The lowest BCUT2D eigenvalue weighted by Gasteiger charge is -2.06. The Bertz CT molecular complexity index is 1370. The lowest BCUT2D eigenvalue weighted by Crippen LogP contribution is -2.35. The maximum atomic E-state index is 12.8. The number of rotatable bonds is 5. The Balaban J connectivity index is 1.35. The van der Waals surface area contributed by atoms with Crippen molar-refractivity contribution in [2.75, 3.05) is 6.79 Å². The van der Waals surface area contributed by atoms with Gasteiger partial charge in [-0.05, 0) is 25.0 Å². The van der Waals surface area contributed by atoms with Gasteiger partial charge >= 0.3 is 5.69 Å². The summed E-state index contributed by atoms with van der Waals surface area (Å²) in [4.78, 5) is 32.4. The lowest BCUT2D eigenvalue weighted by molar-refractivity contribution is 0.174. The molecule has 2 aromatic carbocycles. The number of aromatic amines is 1. The summed E-state index contributed by atoms with van der Waals surface area (Å²) in [5, 5.41) is 4.41. The molecule has 9 nitrogen and oxygen atoms in total. The van der Waals surface area contributed by atoms with Crippen molar-refractivity contribution >= 4 is 10.9 Å². The van der Waals surface area contributed by atoms with Crippen LogP contribution in [0.25, 0.3) is 22.3 Å². The van der Waals surface area contributed by atoms with Gasteiger partial charge < -0.3 is 19.0 Å². The van der Waals surface area contributed by atoms with Crippen LogP contribution in [0.3, 0.4) is 0 Å². The fourth-order valence-corrected chi connectivity index (χ4v) is 3.52. The van der Waals surface area contributed by atoms with Crippen molar-refractivity contribution in [3.63, 3.8) is 0 Å². The minimum absolute atomic E-state index is 0.0960. The first-order valence-corrected chi connectivity index (χ1v) is 9.55. The molecule has 30 heavy (non-hydrogen) atoms. The van der Waals surface area contributed by atoms with E-state index in [1.165, 1.54) is 4.57 Å². The summed E-state index contributed by atoms with van der Waals surface area (Å²) in [7, 11) is 0. The molecular weight excluding hydrogens is 388 g/mol. The zero-order chi connectivity index (χ0) is 20.7. The van der Waals surface area contributed by atoms with Crippen molar-refractivity contribution in [1.29, 1.82) is 0 Å². The highest BCUT2D eigenvalue weighted by Crippen LogP contribution is 2.34. The average Bonchev–Trinajstić information content (AvgIpc) is 3.38. The SMILES string of the molecule is Cc1ccccc1-c1noc(CCCn2c(=O)[nH]c3cc4c(cc3c2=O)OCO4)n1. The molecule has 1 N–H and O–H groups in total. The van der Waals surface area contributed by atoms with Crippen molar-refractivity contribution in [1.82, 2.24) is 19.7 Å². The Morgan fingerprint density at radius 1 is 1.13 bits per heavy atom. The summed E-state index contributed by atoms with van der Waals surface area (Å²) in [5.41, 5.74) is 1.54. The zero-order valence-corrected chi connectivity index (χ0v) is 16.2. The molecule has 1 aliphatic rings. The molecule has 4 aromatic rings. The smallest absolute Gasteiger partial charge is 0.328 e. The van der Waals surface area contributed by atoms with Crippen LogP contribution in [0.5, 0.6) is 11.5 Å². The summed E-state index contributed by atoms with van der Waals surface area (Å²) in [5.74, 6) is 1.99. The maximum absolute atomic E-state index is 12.8. The van der Waals surface area contributed by atoms with E-state index in [-0.39, 0.29) is 18.9 Å². The number of nitrogens with zero attached hydrogens (tertiary/aromatic N) is 3. The van der Waals surface area contributed by atoms with Crippen LogP contribution >= 0.6 is 0 Å². The van der Waals surface area contributed by atoms with E-state index in [0.717, 1.165) is 11.1 Å². The molecule has 5 rings (SSSR count). The molecule has 0 fully saturated rings. The number of fused-ring (bicyclic) bond motifs is 2. The molecule has 0 bridgehead atoms.